The van der Waals surface area contributed by atoms with Crippen molar-refractivity contribution in [3.05, 3.63) is 42.2 Å². The van der Waals surface area contributed by atoms with Crippen LogP contribution in [0.5, 0.6) is 0 Å². The maximum absolute atomic E-state index is 4.82. The first-order valence-electron chi connectivity index (χ1n) is 5.92. The van der Waals surface area contributed by atoms with Crippen LogP contribution < -0.4 is 5.32 Å². The van der Waals surface area contributed by atoms with Gasteiger partial charge in [-0.1, -0.05) is 18.2 Å². The summed E-state index contributed by atoms with van der Waals surface area (Å²) < 4.78 is 4.82. The van der Waals surface area contributed by atoms with Gasteiger partial charge in [-0.15, -0.1) is 0 Å². The summed E-state index contributed by atoms with van der Waals surface area (Å²) in [4.78, 5) is 4.41. The first-order chi connectivity index (χ1) is 8.40. The molecule has 90 valence electrons. The largest absolute Gasteiger partial charge is 0.505 e. The van der Waals surface area contributed by atoms with Crippen molar-refractivity contribution in [2.24, 2.45) is 4.99 Å². The van der Waals surface area contributed by atoms with Crippen molar-refractivity contribution in [1.29, 1.82) is 0 Å². The Morgan fingerprint density at radius 3 is 3.18 bits per heavy atom. The molecule has 0 saturated heterocycles. The lowest BCUT2D eigenvalue weighted by atomic mass is 10.1. The predicted molar refractivity (Wildman–Crippen MR) is 71.7 cm³/mol. The molecule has 0 amide bonds. The average Bonchev–Trinajstić information content (AvgIpc) is 2.76. The molecule has 3 nitrogen and oxygen atoms in total. The number of fused-ring (bicyclic) bond motifs is 1. The number of aliphatic imine (C=N–C) groups is 1. The average molecular weight is 230 g/mol. The quantitative estimate of drug-likeness (QED) is 0.479. The van der Waals surface area contributed by atoms with Crippen molar-refractivity contribution in [2.75, 3.05) is 19.0 Å². The van der Waals surface area contributed by atoms with Crippen molar-refractivity contribution >= 4 is 11.9 Å². The second-order valence-corrected chi connectivity index (χ2v) is 4.06. The third-order valence-electron chi connectivity index (χ3n) is 2.74. The molecule has 1 aliphatic rings. The summed E-state index contributed by atoms with van der Waals surface area (Å²) in [5, 5.41) is 3.44. The fourth-order valence-electron chi connectivity index (χ4n) is 1.93. The van der Waals surface area contributed by atoms with Crippen LogP contribution in [-0.2, 0) is 11.2 Å². The normalized spacial score (nSPS) is 18.5. The van der Waals surface area contributed by atoms with Crippen LogP contribution in [-0.4, -0.2) is 25.9 Å². The summed E-state index contributed by atoms with van der Waals surface area (Å²) >= 11 is 0. The number of ether oxygens (including phenoxy) is 1. The molecular weight excluding hydrogens is 212 g/mol. The second-order valence-electron chi connectivity index (χ2n) is 4.06. The molecule has 0 radical (unpaired) electrons. The van der Waals surface area contributed by atoms with E-state index in [-0.39, 0.29) is 0 Å². The van der Waals surface area contributed by atoms with E-state index in [2.05, 4.69) is 34.6 Å². The molecule has 2 rings (SSSR count). The minimum atomic E-state index is 0.346. The summed E-state index contributed by atoms with van der Waals surface area (Å²) in [7, 11) is 1.65. The number of nitrogens with one attached hydrogen (secondary N) is 1. The highest BCUT2D eigenvalue weighted by atomic mass is 16.5. The van der Waals surface area contributed by atoms with Gasteiger partial charge in [0.1, 0.15) is 0 Å². The van der Waals surface area contributed by atoms with Crippen molar-refractivity contribution < 1.29 is 4.74 Å². The predicted octanol–water partition coefficient (Wildman–Crippen LogP) is 2.64. The lowest BCUT2D eigenvalue weighted by Crippen LogP contribution is -2.16. The number of nitrogens with zero attached hydrogens (tertiary/aromatic N) is 1. The minimum absolute atomic E-state index is 0.346. The molecular formula is C14H18N2O. The van der Waals surface area contributed by atoms with Crippen LogP contribution in [0.3, 0.4) is 0 Å². The number of hydrogen-bond donors (Lipinski definition) is 1. The Balaban J connectivity index is 1.76. The Bertz CT molecular complexity index is 387. The van der Waals surface area contributed by atoms with E-state index in [1.165, 1.54) is 11.3 Å². The Morgan fingerprint density at radius 1 is 1.47 bits per heavy atom. The molecule has 1 aromatic carbocycles. The molecule has 0 fully saturated rings. The highest BCUT2D eigenvalue weighted by molar-refractivity contribution is 5.75. The minimum Gasteiger partial charge on any atom is -0.505 e. The number of benzene rings is 1. The first-order valence-corrected chi connectivity index (χ1v) is 5.92. The summed E-state index contributed by atoms with van der Waals surface area (Å²) in [6.45, 7) is 0.814. The van der Waals surface area contributed by atoms with Crippen LogP contribution >= 0.6 is 0 Å². The van der Waals surface area contributed by atoms with Gasteiger partial charge in [-0.2, -0.15) is 0 Å². The van der Waals surface area contributed by atoms with E-state index in [4.69, 9.17) is 4.74 Å². The van der Waals surface area contributed by atoms with E-state index in [1.807, 2.05) is 12.3 Å². The molecule has 0 aliphatic carbocycles. The monoisotopic (exact) mass is 230 g/mol. The van der Waals surface area contributed by atoms with Gasteiger partial charge in [-0.3, -0.25) is 4.99 Å². The van der Waals surface area contributed by atoms with Crippen LogP contribution in [0.1, 0.15) is 12.0 Å². The first kappa shape index (κ1) is 11.7. The van der Waals surface area contributed by atoms with Crippen molar-refractivity contribution in [2.45, 2.75) is 18.9 Å². The number of methoxy groups -OCH3 is 1. The maximum Gasteiger partial charge on any atom is 0.0785 e. The van der Waals surface area contributed by atoms with Gasteiger partial charge in [0.2, 0.25) is 0 Å². The molecule has 0 bridgehead atoms. The van der Waals surface area contributed by atoms with E-state index in [0.29, 0.717) is 6.04 Å². The van der Waals surface area contributed by atoms with Crippen molar-refractivity contribution in [3.63, 3.8) is 0 Å². The van der Waals surface area contributed by atoms with Gasteiger partial charge in [0, 0.05) is 18.4 Å². The van der Waals surface area contributed by atoms with E-state index in [1.54, 1.807) is 13.4 Å². The highest BCUT2D eigenvalue weighted by Gasteiger charge is 2.17. The van der Waals surface area contributed by atoms with E-state index < -0.39 is 0 Å². The summed E-state index contributed by atoms with van der Waals surface area (Å²) in [6, 6.07) is 8.76. The fourth-order valence-corrected chi connectivity index (χ4v) is 1.93. The molecule has 0 saturated carbocycles. The topological polar surface area (TPSA) is 33.6 Å². The summed E-state index contributed by atoms with van der Waals surface area (Å²) in [5.41, 5.74) is 2.62. The molecule has 0 spiro atoms. The smallest absolute Gasteiger partial charge is 0.0785 e. The molecule has 1 atom stereocenters. The molecule has 0 unspecified atom stereocenters. The number of para-hydroxylation sites is 1. The molecule has 17 heavy (non-hydrogen) atoms. The van der Waals surface area contributed by atoms with Crippen LogP contribution in [0.4, 0.5) is 5.69 Å². The molecule has 1 heterocycles. The molecule has 3 heteroatoms. The van der Waals surface area contributed by atoms with E-state index >= 15 is 0 Å². The van der Waals surface area contributed by atoms with Crippen LogP contribution in [0.15, 0.2) is 41.6 Å². The second kappa shape index (κ2) is 6.09. The van der Waals surface area contributed by atoms with Gasteiger partial charge in [0.25, 0.3) is 0 Å². The molecule has 1 aromatic rings. The van der Waals surface area contributed by atoms with Gasteiger partial charge < -0.3 is 10.1 Å². The number of rotatable bonds is 5. The zero-order valence-electron chi connectivity index (χ0n) is 10.1. The van der Waals surface area contributed by atoms with Crippen LogP contribution in [0.2, 0.25) is 0 Å². The summed E-state index contributed by atoms with van der Waals surface area (Å²) in [6.07, 6.45) is 7.64. The lowest BCUT2D eigenvalue weighted by Gasteiger charge is -2.03. The van der Waals surface area contributed by atoms with Crippen molar-refractivity contribution in [3.8, 4) is 0 Å². The zero-order chi connectivity index (χ0) is 11.9. The van der Waals surface area contributed by atoms with Gasteiger partial charge in [-0.25, -0.2) is 0 Å². The van der Waals surface area contributed by atoms with E-state index in [0.717, 1.165) is 19.4 Å². The van der Waals surface area contributed by atoms with Gasteiger partial charge in [0.15, 0.2) is 0 Å². The van der Waals surface area contributed by atoms with Crippen LogP contribution in [0.25, 0.3) is 0 Å². The fraction of sp³-hybridized carbons (Fsp3) is 0.357. The Labute approximate surface area is 102 Å². The molecule has 1 aliphatic heterocycles. The van der Waals surface area contributed by atoms with E-state index in [9.17, 15) is 0 Å². The molecule has 0 aromatic heterocycles. The molecule has 1 N–H and O–H groups in total. The SMILES string of the molecule is CO/C=C/CCN=C[C@@H]1Cc2ccccc2N1. The third kappa shape index (κ3) is 3.34. The Kier molecular flexibility index (Phi) is 4.19. The van der Waals surface area contributed by atoms with Crippen molar-refractivity contribution in [1.82, 2.24) is 0 Å². The van der Waals surface area contributed by atoms with Crippen LogP contribution in [0, 0.1) is 0 Å². The third-order valence-corrected chi connectivity index (χ3v) is 2.74. The van der Waals surface area contributed by atoms with Gasteiger partial charge >= 0.3 is 0 Å². The standard InChI is InChI=1S/C14H18N2O/c1-17-9-5-4-8-15-11-13-10-12-6-2-3-7-14(12)16-13/h2-3,5-7,9,11,13,16H,4,8,10H2,1H3/b9-5+,15-11?/t13-/m0/s1. The highest BCUT2D eigenvalue weighted by Crippen LogP contribution is 2.24. The lowest BCUT2D eigenvalue weighted by molar-refractivity contribution is 0.336. The Morgan fingerprint density at radius 2 is 2.35 bits per heavy atom. The summed E-state index contributed by atoms with van der Waals surface area (Å²) in [5.74, 6) is 0. The number of hydrogen-bond acceptors (Lipinski definition) is 3. The van der Waals surface area contributed by atoms with Gasteiger partial charge in [0.05, 0.1) is 19.4 Å². The Hall–Kier alpha value is -1.77. The number of anilines is 1. The maximum atomic E-state index is 4.82. The van der Waals surface area contributed by atoms with Gasteiger partial charge in [-0.05, 0) is 30.5 Å². The zero-order valence-corrected chi connectivity index (χ0v) is 10.1.